The van der Waals surface area contributed by atoms with E-state index in [0.717, 1.165) is 11.1 Å². The summed E-state index contributed by atoms with van der Waals surface area (Å²) in [5.41, 5.74) is 1.92. The van der Waals surface area contributed by atoms with Gasteiger partial charge in [0.1, 0.15) is 5.75 Å². The predicted molar refractivity (Wildman–Crippen MR) is 61.6 cm³/mol. The van der Waals surface area contributed by atoms with Crippen molar-refractivity contribution in [1.82, 2.24) is 0 Å². The molecular weight excluding hydrogens is 243 g/mol. The van der Waals surface area contributed by atoms with Crippen LogP contribution in [0.4, 0.5) is 4.79 Å². The van der Waals surface area contributed by atoms with E-state index >= 15 is 0 Å². The Morgan fingerprint density at radius 2 is 1.39 bits per heavy atom. The molecule has 0 heterocycles. The molecular formula is C13H11NaO4. The minimum atomic E-state index is -2.08. The third-order valence-electron chi connectivity index (χ3n) is 1.99. The molecule has 2 aromatic rings. The summed E-state index contributed by atoms with van der Waals surface area (Å²) < 4.78 is 0. The molecule has 0 atom stereocenters. The average molecular weight is 254 g/mol. The molecule has 0 aromatic heterocycles. The van der Waals surface area contributed by atoms with Gasteiger partial charge in [-0.25, -0.2) is 0 Å². The summed E-state index contributed by atoms with van der Waals surface area (Å²) in [5, 5.41) is 24.9. The first kappa shape index (κ1) is 16.5. The molecule has 18 heavy (non-hydrogen) atoms. The summed E-state index contributed by atoms with van der Waals surface area (Å²) in [6, 6.07) is 17.2. The number of benzene rings is 2. The van der Waals surface area contributed by atoms with Crippen LogP contribution in [-0.2, 0) is 0 Å². The van der Waals surface area contributed by atoms with Crippen molar-refractivity contribution >= 4 is 6.16 Å². The first-order valence-electron chi connectivity index (χ1n) is 4.84. The van der Waals surface area contributed by atoms with Gasteiger partial charge in [-0.2, -0.15) is 0 Å². The van der Waals surface area contributed by atoms with Crippen LogP contribution in [0.1, 0.15) is 0 Å². The third-order valence-corrected chi connectivity index (χ3v) is 1.99. The standard InChI is InChI=1S/C12H10O.CH2O3.Na/c13-12-9-5-4-8-11(12)10-6-2-1-3-7-10;2-1(3)4;/h1-9,13H;(H2,2,3,4);/q;;+1/p-1. The van der Waals surface area contributed by atoms with Crippen molar-refractivity contribution in [3.63, 3.8) is 0 Å². The first-order valence-corrected chi connectivity index (χ1v) is 4.84. The number of carbonyl (C=O) groups is 1. The van der Waals surface area contributed by atoms with Gasteiger partial charge in [0, 0.05) is 5.56 Å². The van der Waals surface area contributed by atoms with Gasteiger partial charge >= 0.3 is 29.6 Å². The van der Waals surface area contributed by atoms with E-state index in [4.69, 9.17) is 15.0 Å². The molecule has 2 aromatic carbocycles. The SMILES string of the molecule is O=C([O-])O.Oc1ccccc1-c1ccccc1.[Na+]. The molecule has 5 heteroatoms. The maximum absolute atomic E-state index is 9.56. The molecule has 0 radical (unpaired) electrons. The van der Waals surface area contributed by atoms with Crippen LogP contribution in [-0.4, -0.2) is 16.4 Å². The summed E-state index contributed by atoms with van der Waals surface area (Å²) in [6.07, 6.45) is -2.08. The third kappa shape index (κ3) is 5.72. The predicted octanol–water partition coefficient (Wildman–Crippen LogP) is -1.05. The largest absolute Gasteiger partial charge is 1.00 e. The number of para-hydroxylation sites is 1. The van der Waals surface area contributed by atoms with E-state index in [1.807, 2.05) is 48.5 Å². The van der Waals surface area contributed by atoms with E-state index in [1.165, 1.54) is 0 Å². The van der Waals surface area contributed by atoms with Crippen LogP contribution in [0.15, 0.2) is 54.6 Å². The van der Waals surface area contributed by atoms with E-state index in [1.54, 1.807) is 6.07 Å². The molecule has 2 rings (SSSR count). The number of hydrogen-bond acceptors (Lipinski definition) is 3. The fourth-order valence-corrected chi connectivity index (χ4v) is 1.34. The van der Waals surface area contributed by atoms with Gasteiger partial charge in [0.25, 0.3) is 0 Å². The molecule has 0 unspecified atom stereocenters. The quantitative estimate of drug-likeness (QED) is 0.636. The molecule has 0 saturated heterocycles. The van der Waals surface area contributed by atoms with Crippen LogP contribution < -0.4 is 34.7 Å². The van der Waals surface area contributed by atoms with Gasteiger partial charge in [0.15, 0.2) is 0 Å². The number of rotatable bonds is 1. The zero-order valence-corrected chi connectivity index (χ0v) is 11.9. The van der Waals surface area contributed by atoms with Crippen molar-refractivity contribution in [3.05, 3.63) is 54.6 Å². The van der Waals surface area contributed by atoms with Gasteiger partial charge in [-0.1, -0.05) is 48.5 Å². The number of phenolic OH excluding ortho intramolecular Hbond substituents is 1. The zero-order valence-electron chi connectivity index (χ0n) is 9.91. The van der Waals surface area contributed by atoms with E-state index < -0.39 is 6.16 Å². The Kier molecular flexibility index (Phi) is 7.87. The van der Waals surface area contributed by atoms with Crippen LogP contribution in [0.25, 0.3) is 11.1 Å². The maximum Gasteiger partial charge on any atom is 1.00 e. The Morgan fingerprint density at radius 3 is 1.89 bits per heavy atom. The minimum absolute atomic E-state index is 0. The fraction of sp³-hybridized carbons (Fsp3) is 0. The van der Waals surface area contributed by atoms with Crippen LogP contribution in [0.3, 0.4) is 0 Å². The normalized spacial score (nSPS) is 8.44. The molecule has 0 bridgehead atoms. The molecule has 0 fully saturated rings. The number of phenols is 1. The Bertz CT molecular complexity index is 481. The van der Waals surface area contributed by atoms with Gasteiger partial charge < -0.3 is 20.1 Å². The molecule has 4 nitrogen and oxygen atoms in total. The van der Waals surface area contributed by atoms with E-state index in [9.17, 15) is 5.11 Å². The Hall–Kier alpha value is -1.49. The maximum atomic E-state index is 9.56. The summed E-state index contributed by atoms with van der Waals surface area (Å²) in [5.74, 6) is 0.328. The van der Waals surface area contributed by atoms with Gasteiger partial charge in [0.05, 0.1) is 0 Å². The van der Waals surface area contributed by atoms with E-state index in [-0.39, 0.29) is 29.6 Å². The monoisotopic (exact) mass is 254 g/mol. The smallest absolute Gasteiger partial charge is 0.565 e. The Morgan fingerprint density at radius 1 is 0.944 bits per heavy atom. The zero-order chi connectivity index (χ0) is 12.7. The Labute approximate surface area is 127 Å². The van der Waals surface area contributed by atoms with Crippen molar-refractivity contribution in [1.29, 1.82) is 0 Å². The fourth-order valence-electron chi connectivity index (χ4n) is 1.34. The molecule has 2 N–H and O–H groups in total. The number of carboxylic acid groups (broad SMARTS) is 2. The van der Waals surface area contributed by atoms with Crippen LogP contribution in [0.2, 0.25) is 0 Å². The van der Waals surface area contributed by atoms with Crippen LogP contribution in [0, 0.1) is 0 Å². The number of hydrogen-bond donors (Lipinski definition) is 2. The van der Waals surface area contributed by atoms with Crippen molar-refractivity contribution in [3.8, 4) is 16.9 Å². The second kappa shape index (κ2) is 8.58. The van der Waals surface area contributed by atoms with Crippen molar-refractivity contribution in [2.24, 2.45) is 0 Å². The van der Waals surface area contributed by atoms with E-state index in [0.29, 0.717) is 5.75 Å². The molecule has 88 valence electrons. The van der Waals surface area contributed by atoms with Crippen molar-refractivity contribution in [2.75, 3.05) is 0 Å². The first-order chi connectivity index (χ1) is 8.11. The molecule has 0 saturated carbocycles. The number of aromatic hydroxyl groups is 1. The van der Waals surface area contributed by atoms with Gasteiger partial charge in [-0.3, -0.25) is 0 Å². The van der Waals surface area contributed by atoms with Gasteiger partial charge in [0.2, 0.25) is 6.16 Å². The second-order valence-electron chi connectivity index (χ2n) is 3.15. The van der Waals surface area contributed by atoms with Crippen LogP contribution in [0.5, 0.6) is 5.75 Å². The van der Waals surface area contributed by atoms with Crippen molar-refractivity contribution < 1.29 is 49.7 Å². The molecule has 0 amide bonds. The van der Waals surface area contributed by atoms with E-state index in [2.05, 4.69) is 0 Å². The molecule has 0 aliphatic heterocycles. The average Bonchev–Trinajstić information content (AvgIpc) is 2.30. The van der Waals surface area contributed by atoms with Gasteiger partial charge in [-0.05, 0) is 11.6 Å². The minimum Gasteiger partial charge on any atom is -0.565 e. The summed E-state index contributed by atoms with van der Waals surface area (Å²) in [4.78, 5) is 8.44. The molecule has 0 spiro atoms. The second-order valence-corrected chi connectivity index (χ2v) is 3.15. The Balaban J connectivity index is 0.000000512. The van der Waals surface area contributed by atoms with Crippen LogP contribution >= 0.6 is 0 Å². The van der Waals surface area contributed by atoms with Crippen molar-refractivity contribution in [2.45, 2.75) is 0 Å². The summed E-state index contributed by atoms with van der Waals surface area (Å²) in [7, 11) is 0. The topological polar surface area (TPSA) is 80.6 Å². The van der Waals surface area contributed by atoms with Gasteiger partial charge in [-0.15, -0.1) is 0 Å². The molecule has 0 aliphatic carbocycles. The summed E-state index contributed by atoms with van der Waals surface area (Å²) >= 11 is 0. The summed E-state index contributed by atoms with van der Waals surface area (Å²) in [6.45, 7) is 0. The molecule has 0 aliphatic rings.